The van der Waals surface area contributed by atoms with Crippen LogP contribution in [0.4, 0.5) is 5.69 Å². The van der Waals surface area contributed by atoms with Crippen molar-refractivity contribution >= 4 is 43.5 Å². The number of ether oxygens (including phenoxy) is 1. The van der Waals surface area contributed by atoms with Gasteiger partial charge in [-0.25, -0.2) is 8.42 Å². The average molecular weight is 679 g/mol. The number of anilines is 1. The number of carbonyl (C=O) groups excluding carboxylic acids is 2. The Morgan fingerprint density at radius 2 is 1.45 bits per heavy atom. The topological polar surface area (TPSA) is 96.0 Å². The van der Waals surface area contributed by atoms with Gasteiger partial charge in [0.25, 0.3) is 10.0 Å². The van der Waals surface area contributed by atoms with Crippen LogP contribution in [0.3, 0.4) is 0 Å². The number of nitrogens with one attached hydrogen (secondary N) is 1. The second-order valence-corrected chi connectivity index (χ2v) is 12.9. The molecule has 4 rings (SSSR count). The maximum absolute atomic E-state index is 14.4. The van der Waals surface area contributed by atoms with E-state index in [2.05, 4.69) is 21.2 Å². The van der Waals surface area contributed by atoms with Crippen LogP contribution < -0.4 is 14.4 Å². The zero-order valence-corrected chi connectivity index (χ0v) is 27.1. The molecule has 4 aromatic carbocycles. The van der Waals surface area contributed by atoms with Gasteiger partial charge in [-0.2, -0.15) is 0 Å². The quantitative estimate of drug-likeness (QED) is 0.182. The van der Waals surface area contributed by atoms with Crippen LogP contribution in [0.15, 0.2) is 119 Å². The first kappa shape index (κ1) is 32.8. The lowest BCUT2D eigenvalue weighted by Gasteiger charge is -2.34. The predicted molar refractivity (Wildman–Crippen MR) is 176 cm³/mol. The van der Waals surface area contributed by atoms with Gasteiger partial charge in [0.2, 0.25) is 11.8 Å². The van der Waals surface area contributed by atoms with E-state index in [0.717, 1.165) is 26.3 Å². The largest absolute Gasteiger partial charge is 0.497 e. The van der Waals surface area contributed by atoms with Crippen LogP contribution in [0.2, 0.25) is 0 Å². The van der Waals surface area contributed by atoms with Gasteiger partial charge in [0.1, 0.15) is 18.3 Å². The molecule has 0 aromatic heterocycles. The van der Waals surface area contributed by atoms with E-state index in [0.29, 0.717) is 18.0 Å². The Morgan fingerprint density at radius 1 is 0.841 bits per heavy atom. The Hall–Kier alpha value is -4.15. The third-order valence-corrected chi connectivity index (χ3v) is 9.37. The molecule has 1 N–H and O–H groups in total. The second kappa shape index (κ2) is 15.5. The summed E-state index contributed by atoms with van der Waals surface area (Å²) in [4.78, 5) is 29.6. The van der Waals surface area contributed by atoms with Crippen LogP contribution in [0.5, 0.6) is 5.75 Å². The summed E-state index contributed by atoms with van der Waals surface area (Å²) in [5.74, 6) is -0.275. The summed E-state index contributed by atoms with van der Waals surface area (Å²) >= 11 is 3.45. The van der Waals surface area contributed by atoms with Gasteiger partial charge in [0, 0.05) is 24.0 Å². The highest BCUT2D eigenvalue weighted by Crippen LogP contribution is 2.27. The first-order valence-corrected chi connectivity index (χ1v) is 16.5. The van der Waals surface area contributed by atoms with Gasteiger partial charge in [-0.3, -0.25) is 13.9 Å². The van der Waals surface area contributed by atoms with Crippen molar-refractivity contribution < 1.29 is 22.7 Å². The van der Waals surface area contributed by atoms with Gasteiger partial charge in [-0.15, -0.1) is 0 Å². The SMILES string of the molecule is CCCNC(=O)[C@H](Cc1ccccc1)N(Cc1ccc(Br)cc1)C(=O)CN(c1ccc(OC)cc1)S(=O)(=O)c1ccccc1. The van der Waals surface area contributed by atoms with E-state index in [4.69, 9.17) is 4.74 Å². The fourth-order valence-electron chi connectivity index (χ4n) is 4.70. The summed E-state index contributed by atoms with van der Waals surface area (Å²) in [6, 6.07) is 30.5. The number of benzene rings is 4. The highest BCUT2D eigenvalue weighted by atomic mass is 79.9. The van der Waals surface area contributed by atoms with Crippen molar-refractivity contribution in [2.24, 2.45) is 0 Å². The number of hydrogen-bond acceptors (Lipinski definition) is 5. The van der Waals surface area contributed by atoms with Crippen LogP contribution in [0.1, 0.15) is 24.5 Å². The molecule has 0 aliphatic rings. The van der Waals surface area contributed by atoms with Gasteiger partial charge in [0.05, 0.1) is 17.7 Å². The molecular formula is C34H36BrN3O5S. The van der Waals surface area contributed by atoms with Crippen molar-refractivity contribution in [3.63, 3.8) is 0 Å². The van der Waals surface area contributed by atoms with Gasteiger partial charge >= 0.3 is 0 Å². The van der Waals surface area contributed by atoms with E-state index in [1.54, 1.807) is 42.5 Å². The highest BCUT2D eigenvalue weighted by Gasteiger charge is 2.34. The Bertz CT molecular complexity index is 1620. The minimum atomic E-state index is -4.16. The molecule has 0 fully saturated rings. The summed E-state index contributed by atoms with van der Waals surface area (Å²) in [7, 11) is -2.64. The maximum atomic E-state index is 14.4. The van der Waals surface area contributed by atoms with E-state index in [1.807, 2.05) is 61.5 Å². The number of halogens is 1. The fourth-order valence-corrected chi connectivity index (χ4v) is 6.40. The van der Waals surface area contributed by atoms with Crippen molar-refractivity contribution in [3.8, 4) is 5.75 Å². The molecule has 0 radical (unpaired) electrons. The molecule has 8 nitrogen and oxygen atoms in total. The monoisotopic (exact) mass is 677 g/mol. The van der Waals surface area contributed by atoms with Crippen LogP contribution in [-0.2, 0) is 32.6 Å². The molecule has 4 aromatic rings. The minimum Gasteiger partial charge on any atom is -0.497 e. The van der Waals surface area contributed by atoms with E-state index in [1.165, 1.54) is 24.1 Å². The zero-order valence-electron chi connectivity index (χ0n) is 24.7. The molecule has 0 unspecified atom stereocenters. The standard InChI is InChI=1S/C34H36BrN3O5S/c1-3-22-36-34(40)32(23-26-10-6-4-7-11-26)37(24-27-14-16-28(35)17-15-27)33(39)25-38(29-18-20-30(43-2)21-19-29)44(41,42)31-12-8-5-9-13-31/h4-21,32H,3,22-25H2,1-2H3,(H,36,40)/t32-/m0/s1. The van der Waals surface area contributed by atoms with Crippen LogP contribution in [0.25, 0.3) is 0 Å². The Morgan fingerprint density at radius 3 is 2.05 bits per heavy atom. The van der Waals surface area contributed by atoms with E-state index >= 15 is 0 Å². The minimum absolute atomic E-state index is 0.0459. The van der Waals surface area contributed by atoms with Crippen LogP contribution in [0, 0.1) is 0 Å². The number of hydrogen-bond donors (Lipinski definition) is 1. The molecule has 0 bridgehead atoms. The van der Waals surface area contributed by atoms with E-state index < -0.39 is 28.5 Å². The first-order valence-electron chi connectivity index (χ1n) is 14.3. The lowest BCUT2D eigenvalue weighted by atomic mass is 10.0. The Kier molecular flexibility index (Phi) is 11.6. The summed E-state index contributed by atoms with van der Waals surface area (Å²) in [5.41, 5.74) is 1.97. The third kappa shape index (κ3) is 8.48. The van der Waals surface area contributed by atoms with Crippen LogP contribution >= 0.6 is 15.9 Å². The summed E-state index contributed by atoms with van der Waals surface area (Å²) in [5, 5.41) is 2.95. The number of methoxy groups -OCH3 is 1. The van der Waals surface area contributed by atoms with Crippen molar-refractivity contribution in [1.82, 2.24) is 10.2 Å². The molecule has 0 spiro atoms. The molecule has 0 aliphatic heterocycles. The summed E-state index contributed by atoms with van der Waals surface area (Å²) in [6.07, 6.45) is 0.984. The molecule has 2 amide bonds. The molecule has 10 heteroatoms. The normalized spacial score (nSPS) is 11.8. The van der Waals surface area contributed by atoms with Gasteiger partial charge in [-0.05, 0) is 66.1 Å². The molecule has 0 heterocycles. The summed E-state index contributed by atoms with van der Waals surface area (Å²) < 4.78 is 35.3. The molecule has 1 atom stereocenters. The lowest BCUT2D eigenvalue weighted by Crippen LogP contribution is -2.53. The fraction of sp³-hybridized carbons (Fsp3) is 0.235. The van der Waals surface area contributed by atoms with Crippen LogP contribution in [-0.4, -0.2) is 51.4 Å². The maximum Gasteiger partial charge on any atom is 0.264 e. The molecule has 230 valence electrons. The first-order chi connectivity index (χ1) is 21.2. The van der Waals surface area contributed by atoms with Gasteiger partial charge < -0.3 is 15.0 Å². The number of rotatable bonds is 14. The van der Waals surface area contributed by atoms with E-state index in [-0.39, 0.29) is 23.8 Å². The highest BCUT2D eigenvalue weighted by molar-refractivity contribution is 9.10. The summed E-state index contributed by atoms with van der Waals surface area (Å²) in [6.45, 7) is 1.99. The number of amides is 2. The predicted octanol–water partition coefficient (Wildman–Crippen LogP) is 5.82. The molecule has 44 heavy (non-hydrogen) atoms. The van der Waals surface area contributed by atoms with Crippen molar-refractivity contribution in [3.05, 3.63) is 125 Å². The Balaban J connectivity index is 1.78. The smallest absolute Gasteiger partial charge is 0.264 e. The van der Waals surface area contributed by atoms with Gasteiger partial charge in [0.15, 0.2) is 0 Å². The van der Waals surface area contributed by atoms with Crippen molar-refractivity contribution in [1.29, 1.82) is 0 Å². The average Bonchev–Trinajstić information content (AvgIpc) is 3.05. The van der Waals surface area contributed by atoms with Gasteiger partial charge in [-0.1, -0.05) is 83.5 Å². The number of carbonyl (C=O) groups is 2. The van der Waals surface area contributed by atoms with Crippen molar-refractivity contribution in [2.75, 3.05) is 24.5 Å². The molecule has 0 saturated carbocycles. The number of nitrogens with zero attached hydrogens (tertiary/aromatic N) is 2. The van der Waals surface area contributed by atoms with E-state index in [9.17, 15) is 18.0 Å². The Labute approximate surface area is 267 Å². The zero-order chi connectivity index (χ0) is 31.5. The third-order valence-electron chi connectivity index (χ3n) is 7.06. The number of sulfonamides is 1. The van der Waals surface area contributed by atoms with Crippen molar-refractivity contribution in [2.45, 2.75) is 37.2 Å². The molecule has 0 saturated heterocycles. The lowest BCUT2D eigenvalue weighted by molar-refractivity contribution is -0.140. The second-order valence-electron chi connectivity index (χ2n) is 10.2. The molecule has 0 aliphatic carbocycles. The molecular weight excluding hydrogens is 642 g/mol.